The van der Waals surface area contributed by atoms with Crippen molar-refractivity contribution in [3.8, 4) is 0 Å². The zero-order valence-corrected chi connectivity index (χ0v) is 9.02. The molecule has 0 saturated carbocycles. The second kappa shape index (κ2) is 4.84. The van der Waals surface area contributed by atoms with Crippen LogP contribution >= 0.6 is 0 Å². The number of aryl methyl sites for hydroxylation is 3. The topological polar surface area (TPSA) is 42.1 Å². The fraction of sp³-hybridized carbons (Fsp3) is 0.545. The first-order valence-electron chi connectivity index (χ1n) is 4.85. The molecule has 3 nitrogen and oxygen atoms in total. The van der Waals surface area contributed by atoms with E-state index in [1.807, 2.05) is 6.92 Å². The van der Waals surface area contributed by atoms with E-state index in [0.29, 0.717) is 6.42 Å². The summed E-state index contributed by atoms with van der Waals surface area (Å²) in [5.41, 5.74) is 3.68. The highest BCUT2D eigenvalue weighted by Gasteiger charge is 2.04. The highest BCUT2D eigenvalue weighted by atomic mass is 16.5. The lowest BCUT2D eigenvalue weighted by atomic mass is 10.1. The molecular weight excluding hydrogens is 178 g/mol. The van der Waals surface area contributed by atoms with E-state index >= 15 is 0 Å². The van der Waals surface area contributed by atoms with Crippen LogP contribution in [-0.4, -0.2) is 18.1 Å². The van der Waals surface area contributed by atoms with Crippen LogP contribution in [0.25, 0.3) is 0 Å². The fourth-order valence-corrected chi connectivity index (χ4v) is 1.57. The second-order valence-corrected chi connectivity index (χ2v) is 3.53. The SMILES string of the molecule is COC(=O)CCCc1cc(C)[nH]c1C. The molecule has 1 aromatic heterocycles. The predicted molar refractivity (Wildman–Crippen MR) is 55.2 cm³/mol. The zero-order valence-electron chi connectivity index (χ0n) is 9.02. The number of aromatic nitrogens is 1. The molecular formula is C11H17NO2. The molecule has 0 radical (unpaired) electrons. The Morgan fingerprint density at radius 1 is 1.50 bits per heavy atom. The zero-order chi connectivity index (χ0) is 10.6. The molecule has 1 heterocycles. The van der Waals surface area contributed by atoms with Crippen molar-refractivity contribution < 1.29 is 9.53 Å². The molecule has 0 saturated heterocycles. The number of rotatable bonds is 4. The maximum atomic E-state index is 10.9. The Morgan fingerprint density at radius 2 is 2.21 bits per heavy atom. The smallest absolute Gasteiger partial charge is 0.305 e. The van der Waals surface area contributed by atoms with Crippen LogP contribution in [0.1, 0.15) is 29.8 Å². The van der Waals surface area contributed by atoms with Gasteiger partial charge in [0.1, 0.15) is 0 Å². The van der Waals surface area contributed by atoms with Crippen molar-refractivity contribution in [1.82, 2.24) is 4.98 Å². The lowest BCUT2D eigenvalue weighted by Gasteiger charge is -1.99. The van der Waals surface area contributed by atoms with Crippen molar-refractivity contribution in [2.75, 3.05) is 7.11 Å². The van der Waals surface area contributed by atoms with Gasteiger partial charge in [-0.25, -0.2) is 0 Å². The Labute approximate surface area is 84.5 Å². The predicted octanol–water partition coefficient (Wildman–Crippen LogP) is 2.13. The average Bonchev–Trinajstić information content (AvgIpc) is 2.45. The van der Waals surface area contributed by atoms with Crippen LogP contribution in [0.15, 0.2) is 6.07 Å². The van der Waals surface area contributed by atoms with Crippen LogP contribution in [0.5, 0.6) is 0 Å². The van der Waals surface area contributed by atoms with Crippen molar-refractivity contribution in [3.63, 3.8) is 0 Å². The van der Waals surface area contributed by atoms with Crippen molar-refractivity contribution in [1.29, 1.82) is 0 Å². The minimum atomic E-state index is -0.130. The number of esters is 1. The summed E-state index contributed by atoms with van der Waals surface area (Å²) in [6.45, 7) is 4.09. The van der Waals surface area contributed by atoms with Crippen LogP contribution in [-0.2, 0) is 16.0 Å². The normalized spacial score (nSPS) is 10.2. The van der Waals surface area contributed by atoms with Gasteiger partial charge < -0.3 is 9.72 Å². The summed E-state index contributed by atoms with van der Waals surface area (Å²) in [5.74, 6) is -0.130. The van der Waals surface area contributed by atoms with Crippen molar-refractivity contribution >= 4 is 5.97 Å². The van der Waals surface area contributed by atoms with Crippen LogP contribution in [0, 0.1) is 13.8 Å². The van der Waals surface area contributed by atoms with E-state index in [0.717, 1.165) is 12.8 Å². The number of carbonyl (C=O) groups excluding carboxylic acids is 1. The summed E-state index contributed by atoms with van der Waals surface area (Å²) in [6, 6.07) is 2.13. The summed E-state index contributed by atoms with van der Waals surface area (Å²) in [5, 5.41) is 0. The van der Waals surface area contributed by atoms with E-state index in [2.05, 4.69) is 22.7 Å². The van der Waals surface area contributed by atoms with E-state index < -0.39 is 0 Å². The number of ether oxygens (including phenoxy) is 1. The van der Waals surface area contributed by atoms with Crippen LogP contribution in [0.2, 0.25) is 0 Å². The second-order valence-electron chi connectivity index (χ2n) is 3.53. The molecule has 3 heteroatoms. The third-order valence-corrected chi connectivity index (χ3v) is 2.31. The third kappa shape index (κ3) is 2.91. The van der Waals surface area contributed by atoms with Crippen LogP contribution in [0.4, 0.5) is 0 Å². The molecule has 0 unspecified atom stereocenters. The molecule has 0 fully saturated rings. The fourth-order valence-electron chi connectivity index (χ4n) is 1.57. The summed E-state index contributed by atoms with van der Waals surface area (Å²) >= 11 is 0. The molecule has 0 aliphatic rings. The summed E-state index contributed by atoms with van der Waals surface area (Å²) < 4.78 is 4.58. The first-order valence-corrected chi connectivity index (χ1v) is 4.85. The van der Waals surface area contributed by atoms with E-state index in [9.17, 15) is 4.79 Å². The quantitative estimate of drug-likeness (QED) is 0.748. The van der Waals surface area contributed by atoms with Gasteiger partial charge in [-0.3, -0.25) is 4.79 Å². The van der Waals surface area contributed by atoms with Gasteiger partial charge in [-0.1, -0.05) is 0 Å². The molecule has 0 spiro atoms. The number of aromatic amines is 1. The first kappa shape index (κ1) is 10.8. The summed E-state index contributed by atoms with van der Waals surface area (Å²) in [6.07, 6.45) is 2.29. The van der Waals surface area contributed by atoms with Gasteiger partial charge in [-0.2, -0.15) is 0 Å². The maximum absolute atomic E-state index is 10.9. The van der Waals surface area contributed by atoms with Gasteiger partial charge >= 0.3 is 5.97 Å². The summed E-state index contributed by atoms with van der Waals surface area (Å²) in [7, 11) is 1.42. The lowest BCUT2D eigenvalue weighted by molar-refractivity contribution is -0.140. The number of hydrogen-bond donors (Lipinski definition) is 1. The highest BCUT2D eigenvalue weighted by Crippen LogP contribution is 2.12. The number of methoxy groups -OCH3 is 1. The molecule has 0 atom stereocenters. The van der Waals surface area contributed by atoms with Gasteiger partial charge in [0.15, 0.2) is 0 Å². The standard InChI is InChI=1S/C11H17NO2/c1-8-7-10(9(2)12-8)5-4-6-11(13)14-3/h7,12H,4-6H2,1-3H3. The average molecular weight is 195 g/mol. The van der Waals surface area contributed by atoms with Gasteiger partial charge in [-0.05, 0) is 38.3 Å². The lowest BCUT2D eigenvalue weighted by Crippen LogP contribution is -2.00. The van der Waals surface area contributed by atoms with Crippen molar-refractivity contribution in [3.05, 3.63) is 23.0 Å². The van der Waals surface area contributed by atoms with Crippen LogP contribution in [0.3, 0.4) is 0 Å². The summed E-state index contributed by atoms with van der Waals surface area (Å²) in [4.78, 5) is 14.1. The van der Waals surface area contributed by atoms with Gasteiger partial charge in [0, 0.05) is 17.8 Å². The maximum Gasteiger partial charge on any atom is 0.305 e. The Balaban J connectivity index is 2.38. The van der Waals surface area contributed by atoms with E-state index in [1.54, 1.807) is 0 Å². The van der Waals surface area contributed by atoms with E-state index in [4.69, 9.17) is 0 Å². The number of carbonyl (C=O) groups is 1. The van der Waals surface area contributed by atoms with Crippen molar-refractivity contribution in [2.45, 2.75) is 33.1 Å². The Kier molecular flexibility index (Phi) is 3.74. The third-order valence-electron chi connectivity index (χ3n) is 2.31. The number of nitrogens with one attached hydrogen (secondary N) is 1. The van der Waals surface area contributed by atoms with E-state index in [1.165, 1.54) is 24.1 Å². The molecule has 0 aliphatic heterocycles. The Hall–Kier alpha value is -1.25. The monoisotopic (exact) mass is 195 g/mol. The molecule has 0 bridgehead atoms. The molecule has 1 rings (SSSR count). The Bertz CT molecular complexity index is 315. The molecule has 78 valence electrons. The van der Waals surface area contributed by atoms with Gasteiger partial charge in [0.2, 0.25) is 0 Å². The molecule has 0 aromatic carbocycles. The van der Waals surface area contributed by atoms with Crippen LogP contribution < -0.4 is 0 Å². The van der Waals surface area contributed by atoms with Gasteiger partial charge in [-0.15, -0.1) is 0 Å². The van der Waals surface area contributed by atoms with E-state index in [-0.39, 0.29) is 5.97 Å². The first-order chi connectivity index (χ1) is 6.63. The molecule has 1 aromatic rings. The molecule has 1 N–H and O–H groups in total. The minimum Gasteiger partial charge on any atom is -0.469 e. The largest absolute Gasteiger partial charge is 0.469 e. The highest BCUT2D eigenvalue weighted by molar-refractivity contribution is 5.69. The minimum absolute atomic E-state index is 0.130. The van der Waals surface area contributed by atoms with Gasteiger partial charge in [0.25, 0.3) is 0 Å². The Morgan fingerprint density at radius 3 is 2.71 bits per heavy atom. The molecule has 0 amide bonds. The number of H-pyrrole nitrogens is 1. The van der Waals surface area contributed by atoms with Gasteiger partial charge in [0.05, 0.1) is 7.11 Å². The molecule has 0 aliphatic carbocycles. The van der Waals surface area contributed by atoms with Crippen molar-refractivity contribution in [2.24, 2.45) is 0 Å². The molecule has 14 heavy (non-hydrogen) atoms. The number of hydrogen-bond acceptors (Lipinski definition) is 2.